The van der Waals surface area contributed by atoms with Crippen LogP contribution in [0, 0.1) is 0 Å². The molecule has 0 bridgehead atoms. The summed E-state index contributed by atoms with van der Waals surface area (Å²) in [6.07, 6.45) is 3.65. The third-order valence-electron chi connectivity index (χ3n) is 3.17. The predicted molar refractivity (Wildman–Crippen MR) is 62.8 cm³/mol. The summed E-state index contributed by atoms with van der Waals surface area (Å²) in [6, 6.07) is 5.34. The maximum absolute atomic E-state index is 9.64. The van der Waals surface area contributed by atoms with Crippen LogP contribution >= 0.6 is 0 Å². The summed E-state index contributed by atoms with van der Waals surface area (Å²) < 4.78 is 7.49. The number of phenols is 1. The predicted octanol–water partition coefficient (Wildman–Crippen LogP) is 1.71. The van der Waals surface area contributed by atoms with Crippen molar-refractivity contribution in [3.05, 3.63) is 18.2 Å². The van der Waals surface area contributed by atoms with Gasteiger partial charge in [0.2, 0.25) is 0 Å². The minimum absolute atomic E-state index is 0.179. The van der Waals surface area contributed by atoms with E-state index in [-0.39, 0.29) is 11.9 Å². The van der Waals surface area contributed by atoms with E-state index in [0.717, 1.165) is 25.0 Å². The number of nitrogens with zero attached hydrogens (tertiary/aromatic N) is 3. The highest BCUT2D eigenvalue weighted by Gasteiger charge is 2.17. The SMILES string of the molecule is Oc1cccc2c1nnn2CC1CCCCO1. The van der Waals surface area contributed by atoms with Crippen molar-refractivity contribution in [2.75, 3.05) is 6.61 Å². The Hall–Kier alpha value is -1.62. The van der Waals surface area contributed by atoms with E-state index in [1.165, 1.54) is 6.42 Å². The first-order valence-electron chi connectivity index (χ1n) is 5.97. The highest BCUT2D eigenvalue weighted by Crippen LogP contribution is 2.22. The molecular weight excluding hydrogens is 218 g/mol. The smallest absolute Gasteiger partial charge is 0.154 e. The summed E-state index contributed by atoms with van der Waals surface area (Å²) in [5.41, 5.74) is 1.42. The Labute approximate surface area is 99.0 Å². The molecule has 1 N–H and O–H groups in total. The molecule has 17 heavy (non-hydrogen) atoms. The Morgan fingerprint density at radius 2 is 2.35 bits per heavy atom. The van der Waals surface area contributed by atoms with Crippen molar-refractivity contribution < 1.29 is 9.84 Å². The van der Waals surface area contributed by atoms with Crippen LogP contribution in [0.25, 0.3) is 11.0 Å². The van der Waals surface area contributed by atoms with E-state index in [9.17, 15) is 5.11 Å². The van der Waals surface area contributed by atoms with Gasteiger partial charge >= 0.3 is 0 Å². The summed E-state index contributed by atoms with van der Waals surface area (Å²) in [7, 11) is 0. The van der Waals surface area contributed by atoms with Gasteiger partial charge in [-0.2, -0.15) is 0 Å². The van der Waals surface area contributed by atoms with Gasteiger partial charge in [0, 0.05) is 6.61 Å². The van der Waals surface area contributed by atoms with E-state index < -0.39 is 0 Å². The lowest BCUT2D eigenvalue weighted by atomic mass is 10.1. The first-order chi connectivity index (χ1) is 8.34. The largest absolute Gasteiger partial charge is 0.506 e. The zero-order valence-corrected chi connectivity index (χ0v) is 9.54. The molecule has 0 amide bonds. The fraction of sp³-hybridized carbons (Fsp3) is 0.500. The van der Waals surface area contributed by atoms with Gasteiger partial charge in [0.1, 0.15) is 5.75 Å². The fourth-order valence-electron chi connectivity index (χ4n) is 2.26. The number of ether oxygens (including phenoxy) is 1. The van der Waals surface area contributed by atoms with Crippen LogP contribution in [0.5, 0.6) is 5.75 Å². The van der Waals surface area contributed by atoms with Crippen molar-refractivity contribution in [1.82, 2.24) is 15.0 Å². The van der Waals surface area contributed by atoms with E-state index in [1.807, 2.05) is 10.7 Å². The van der Waals surface area contributed by atoms with E-state index in [0.29, 0.717) is 12.1 Å². The normalized spacial score (nSPS) is 20.8. The topological polar surface area (TPSA) is 60.2 Å². The van der Waals surface area contributed by atoms with E-state index in [4.69, 9.17) is 4.74 Å². The molecule has 0 aliphatic carbocycles. The van der Waals surface area contributed by atoms with Gasteiger partial charge in [-0.15, -0.1) is 5.10 Å². The van der Waals surface area contributed by atoms with Crippen LogP contribution in [-0.2, 0) is 11.3 Å². The fourth-order valence-corrected chi connectivity index (χ4v) is 2.26. The Morgan fingerprint density at radius 3 is 3.18 bits per heavy atom. The molecule has 1 aliphatic rings. The molecule has 0 saturated carbocycles. The summed E-state index contributed by atoms with van der Waals surface area (Å²) in [6.45, 7) is 1.54. The molecule has 5 heteroatoms. The summed E-state index contributed by atoms with van der Waals surface area (Å²) in [4.78, 5) is 0. The van der Waals surface area contributed by atoms with Crippen LogP contribution in [-0.4, -0.2) is 32.8 Å². The zero-order chi connectivity index (χ0) is 11.7. The van der Waals surface area contributed by atoms with Crippen LogP contribution in [0.1, 0.15) is 19.3 Å². The maximum Gasteiger partial charge on any atom is 0.154 e. The van der Waals surface area contributed by atoms with Crippen molar-refractivity contribution in [3.63, 3.8) is 0 Å². The Kier molecular flexibility index (Phi) is 2.68. The number of hydrogen-bond donors (Lipinski definition) is 1. The van der Waals surface area contributed by atoms with Gasteiger partial charge in [-0.05, 0) is 31.4 Å². The Balaban J connectivity index is 1.87. The summed E-state index contributed by atoms with van der Waals surface area (Å²) in [5, 5.41) is 17.7. The molecule has 3 rings (SSSR count). The Bertz CT molecular complexity index is 517. The van der Waals surface area contributed by atoms with Crippen molar-refractivity contribution in [3.8, 4) is 5.75 Å². The van der Waals surface area contributed by atoms with Gasteiger partial charge in [-0.3, -0.25) is 0 Å². The summed E-state index contributed by atoms with van der Waals surface area (Å²) in [5.74, 6) is 0.179. The average molecular weight is 233 g/mol. The highest BCUT2D eigenvalue weighted by molar-refractivity contribution is 5.80. The minimum atomic E-state index is 0.179. The van der Waals surface area contributed by atoms with Crippen LogP contribution in [0.15, 0.2) is 18.2 Å². The third-order valence-corrected chi connectivity index (χ3v) is 3.17. The molecule has 2 aromatic rings. The second kappa shape index (κ2) is 4.33. The van der Waals surface area contributed by atoms with Gasteiger partial charge in [0.05, 0.1) is 18.2 Å². The van der Waals surface area contributed by atoms with Gasteiger partial charge < -0.3 is 9.84 Å². The average Bonchev–Trinajstić information content (AvgIpc) is 2.76. The van der Waals surface area contributed by atoms with Crippen LogP contribution in [0.2, 0.25) is 0 Å². The third kappa shape index (κ3) is 1.98. The molecule has 1 fully saturated rings. The van der Waals surface area contributed by atoms with Crippen molar-refractivity contribution in [1.29, 1.82) is 0 Å². The van der Waals surface area contributed by atoms with Gasteiger partial charge in [0.25, 0.3) is 0 Å². The van der Waals surface area contributed by atoms with Crippen LogP contribution in [0.4, 0.5) is 0 Å². The molecule has 90 valence electrons. The summed E-state index contributed by atoms with van der Waals surface area (Å²) >= 11 is 0. The highest BCUT2D eigenvalue weighted by atomic mass is 16.5. The van der Waals surface area contributed by atoms with Crippen LogP contribution in [0.3, 0.4) is 0 Å². The Morgan fingerprint density at radius 1 is 1.41 bits per heavy atom. The monoisotopic (exact) mass is 233 g/mol. The lowest BCUT2D eigenvalue weighted by Gasteiger charge is -2.22. The number of fused-ring (bicyclic) bond motifs is 1. The molecule has 2 heterocycles. The molecule has 0 spiro atoms. The second-order valence-corrected chi connectivity index (χ2v) is 4.41. The molecule has 1 unspecified atom stereocenters. The molecule has 5 nitrogen and oxygen atoms in total. The molecule has 1 aromatic carbocycles. The van der Waals surface area contributed by atoms with Gasteiger partial charge in [-0.25, -0.2) is 4.68 Å². The maximum atomic E-state index is 9.64. The lowest BCUT2D eigenvalue weighted by molar-refractivity contribution is 0.00443. The molecular formula is C12H15N3O2. The first-order valence-corrected chi connectivity index (χ1v) is 5.97. The van der Waals surface area contributed by atoms with Gasteiger partial charge in [-0.1, -0.05) is 11.3 Å². The molecule has 0 radical (unpaired) electrons. The molecule has 1 atom stereocenters. The van der Waals surface area contributed by atoms with Crippen molar-refractivity contribution >= 4 is 11.0 Å². The van der Waals surface area contributed by atoms with E-state index in [2.05, 4.69) is 10.3 Å². The van der Waals surface area contributed by atoms with E-state index >= 15 is 0 Å². The minimum Gasteiger partial charge on any atom is -0.506 e. The molecule has 1 aliphatic heterocycles. The van der Waals surface area contributed by atoms with E-state index in [1.54, 1.807) is 12.1 Å². The van der Waals surface area contributed by atoms with Crippen molar-refractivity contribution in [2.24, 2.45) is 0 Å². The first kappa shape index (κ1) is 10.5. The van der Waals surface area contributed by atoms with Crippen molar-refractivity contribution in [2.45, 2.75) is 31.9 Å². The number of aromatic hydroxyl groups is 1. The number of hydrogen-bond acceptors (Lipinski definition) is 4. The zero-order valence-electron chi connectivity index (χ0n) is 9.54. The molecule has 1 saturated heterocycles. The van der Waals surface area contributed by atoms with Gasteiger partial charge in [0.15, 0.2) is 5.52 Å². The molecule has 1 aromatic heterocycles. The number of rotatable bonds is 2. The standard InChI is InChI=1S/C12H15N3O2/c16-11-6-3-5-10-12(11)13-14-15(10)8-9-4-1-2-7-17-9/h3,5-6,9,16H,1-2,4,7-8H2. The van der Waals surface area contributed by atoms with Crippen LogP contribution < -0.4 is 0 Å². The lowest BCUT2D eigenvalue weighted by Crippen LogP contribution is -2.24. The number of phenolic OH excluding ortho intramolecular Hbond substituents is 1. The number of aromatic nitrogens is 3. The quantitative estimate of drug-likeness (QED) is 0.857. The number of benzene rings is 1. The second-order valence-electron chi connectivity index (χ2n) is 4.41.